The van der Waals surface area contributed by atoms with Crippen LogP contribution in [0.2, 0.25) is 0 Å². The molecular formula is C10H10F3N3O. The molecule has 92 valence electrons. The van der Waals surface area contributed by atoms with Gasteiger partial charge in [-0.05, 0) is 30.2 Å². The van der Waals surface area contributed by atoms with Crippen molar-refractivity contribution < 1.29 is 17.9 Å². The zero-order valence-corrected chi connectivity index (χ0v) is 8.81. The first kappa shape index (κ1) is 13.2. The lowest BCUT2D eigenvalue weighted by atomic mass is 10.2. The number of azide groups is 1. The summed E-state index contributed by atoms with van der Waals surface area (Å²) in [5.74, 6) is 0.153. The van der Waals surface area contributed by atoms with E-state index in [4.69, 9.17) is 10.3 Å². The third kappa shape index (κ3) is 4.65. The second kappa shape index (κ2) is 6.00. The molecule has 0 aliphatic heterocycles. The van der Waals surface area contributed by atoms with Crippen LogP contribution in [0.5, 0.6) is 5.75 Å². The molecule has 0 unspecified atom stereocenters. The minimum Gasteiger partial charge on any atom is -0.494 e. The highest BCUT2D eigenvalue weighted by molar-refractivity contribution is 5.30. The fraction of sp³-hybridized carbons (Fsp3) is 0.400. The highest BCUT2D eigenvalue weighted by atomic mass is 19.4. The van der Waals surface area contributed by atoms with Gasteiger partial charge in [-0.3, -0.25) is 0 Å². The van der Waals surface area contributed by atoms with Crippen molar-refractivity contribution in [2.45, 2.75) is 12.6 Å². The Bertz CT molecular complexity index is 414. The molecule has 0 saturated heterocycles. The molecule has 0 amide bonds. The van der Waals surface area contributed by atoms with E-state index in [2.05, 4.69) is 10.0 Å². The minimum atomic E-state index is -4.37. The standard InChI is InChI=1S/C10H10F3N3O/c11-10(12,13)8-3-1-4-9(7-8)17-6-2-5-15-16-14/h1,3-4,7H,2,5-6H2. The molecule has 4 nitrogen and oxygen atoms in total. The summed E-state index contributed by atoms with van der Waals surface area (Å²) < 4.78 is 42.1. The van der Waals surface area contributed by atoms with E-state index >= 15 is 0 Å². The van der Waals surface area contributed by atoms with Crippen LogP contribution < -0.4 is 4.74 Å². The molecule has 1 aromatic rings. The van der Waals surface area contributed by atoms with Gasteiger partial charge in [-0.2, -0.15) is 13.2 Å². The number of rotatable bonds is 5. The molecule has 0 saturated carbocycles. The molecule has 1 rings (SSSR count). The zero-order chi connectivity index (χ0) is 12.7. The largest absolute Gasteiger partial charge is 0.494 e. The number of alkyl halides is 3. The summed E-state index contributed by atoms with van der Waals surface area (Å²) >= 11 is 0. The molecular weight excluding hydrogens is 235 g/mol. The Morgan fingerprint density at radius 2 is 2.12 bits per heavy atom. The first-order valence-corrected chi connectivity index (χ1v) is 4.85. The van der Waals surface area contributed by atoms with Crippen molar-refractivity contribution in [1.82, 2.24) is 0 Å². The Morgan fingerprint density at radius 3 is 2.76 bits per heavy atom. The topological polar surface area (TPSA) is 58.0 Å². The van der Waals surface area contributed by atoms with Crippen LogP contribution in [0, 0.1) is 0 Å². The fourth-order valence-corrected chi connectivity index (χ4v) is 1.13. The summed E-state index contributed by atoms with van der Waals surface area (Å²) in [7, 11) is 0. The van der Waals surface area contributed by atoms with E-state index in [1.807, 2.05) is 0 Å². The predicted molar refractivity (Wildman–Crippen MR) is 55.6 cm³/mol. The van der Waals surface area contributed by atoms with Gasteiger partial charge in [0.2, 0.25) is 0 Å². The summed E-state index contributed by atoms with van der Waals surface area (Å²) in [6, 6.07) is 4.65. The van der Waals surface area contributed by atoms with E-state index in [1.54, 1.807) is 0 Å². The van der Waals surface area contributed by atoms with Crippen molar-refractivity contribution in [2.75, 3.05) is 13.2 Å². The van der Waals surface area contributed by atoms with Crippen LogP contribution in [-0.2, 0) is 6.18 Å². The van der Waals surface area contributed by atoms with Gasteiger partial charge < -0.3 is 4.74 Å². The second-order valence-electron chi connectivity index (χ2n) is 3.18. The maximum Gasteiger partial charge on any atom is 0.416 e. The third-order valence-corrected chi connectivity index (χ3v) is 1.90. The van der Waals surface area contributed by atoms with Crippen molar-refractivity contribution in [3.63, 3.8) is 0 Å². The number of ether oxygens (including phenoxy) is 1. The Morgan fingerprint density at radius 1 is 1.35 bits per heavy atom. The van der Waals surface area contributed by atoms with Crippen molar-refractivity contribution in [1.29, 1.82) is 0 Å². The number of hydrogen-bond donors (Lipinski definition) is 0. The molecule has 0 aromatic heterocycles. The molecule has 0 radical (unpaired) electrons. The Kier molecular flexibility index (Phi) is 4.66. The molecule has 0 fully saturated rings. The summed E-state index contributed by atoms with van der Waals surface area (Å²) in [6.45, 7) is 0.468. The number of hydrogen-bond acceptors (Lipinski definition) is 2. The van der Waals surface area contributed by atoms with Gasteiger partial charge in [-0.25, -0.2) is 0 Å². The highest BCUT2D eigenvalue weighted by Crippen LogP contribution is 2.31. The summed E-state index contributed by atoms with van der Waals surface area (Å²) in [5.41, 5.74) is 7.26. The summed E-state index contributed by atoms with van der Waals surface area (Å²) in [6.07, 6.45) is -3.91. The highest BCUT2D eigenvalue weighted by Gasteiger charge is 2.30. The van der Waals surface area contributed by atoms with Crippen LogP contribution in [0.1, 0.15) is 12.0 Å². The maximum atomic E-state index is 12.3. The normalized spacial score (nSPS) is 10.8. The molecule has 1 aromatic carbocycles. The van der Waals surface area contributed by atoms with Crippen LogP contribution in [0.3, 0.4) is 0 Å². The zero-order valence-electron chi connectivity index (χ0n) is 8.81. The van der Waals surface area contributed by atoms with Gasteiger partial charge in [-0.1, -0.05) is 11.2 Å². The van der Waals surface area contributed by atoms with Crippen molar-refractivity contribution in [3.8, 4) is 5.75 Å². The lowest BCUT2D eigenvalue weighted by molar-refractivity contribution is -0.137. The SMILES string of the molecule is [N-]=[N+]=NCCCOc1cccc(C(F)(F)F)c1. The van der Waals surface area contributed by atoms with E-state index in [0.29, 0.717) is 6.42 Å². The Balaban J connectivity index is 2.52. The van der Waals surface area contributed by atoms with Crippen molar-refractivity contribution in [2.24, 2.45) is 5.11 Å². The van der Waals surface area contributed by atoms with Crippen LogP contribution in [0.25, 0.3) is 10.4 Å². The molecule has 7 heteroatoms. The van der Waals surface area contributed by atoms with Crippen LogP contribution in [-0.4, -0.2) is 13.2 Å². The van der Waals surface area contributed by atoms with Crippen LogP contribution in [0.15, 0.2) is 29.4 Å². The minimum absolute atomic E-state index is 0.153. The maximum absolute atomic E-state index is 12.3. The molecule has 17 heavy (non-hydrogen) atoms. The number of halogens is 3. The summed E-state index contributed by atoms with van der Waals surface area (Å²) in [4.78, 5) is 2.55. The van der Waals surface area contributed by atoms with Gasteiger partial charge in [-0.15, -0.1) is 0 Å². The lowest BCUT2D eigenvalue weighted by Crippen LogP contribution is -2.05. The van der Waals surface area contributed by atoms with E-state index in [-0.39, 0.29) is 18.9 Å². The fourth-order valence-electron chi connectivity index (χ4n) is 1.13. The monoisotopic (exact) mass is 245 g/mol. The van der Waals surface area contributed by atoms with Crippen LogP contribution in [0.4, 0.5) is 13.2 Å². The molecule has 0 aliphatic rings. The predicted octanol–water partition coefficient (Wildman–Crippen LogP) is 3.78. The molecule has 0 N–H and O–H groups in total. The lowest BCUT2D eigenvalue weighted by Gasteiger charge is -2.09. The van der Waals surface area contributed by atoms with E-state index in [9.17, 15) is 13.2 Å². The van der Waals surface area contributed by atoms with E-state index < -0.39 is 11.7 Å². The van der Waals surface area contributed by atoms with Crippen LogP contribution >= 0.6 is 0 Å². The van der Waals surface area contributed by atoms with Gasteiger partial charge in [0.15, 0.2) is 0 Å². The first-order valence-electron chi connectivity index (χ1n) is 4.85. The van der Waals surface area contributed by atoms with Crippen molar-refractivity contribution >= 4 is 0 Å². The van der Waals surface area contributed by atoms with Gasteiger partial charge in [0.05, 0.1) is 12.2 Å². The third-order valence-electron chi connectivity index (χ3n) is 1.90. The van der Waals surface area contributed by atoms with E-state index in [1.165, 1.54) is 12.1 Å². The first-order chi connectivity index (χ1) is 8.04. The van der Waals surface area contributed by atoms with E-state index in [0.717, 1.165) is 12.1 Å². The second-order valence-corrected chi connectivity index (χ2v) is 3.18. The van der Waals surface area contributed by atoms with Gasteiger partial charge in [0, 0.05) is 11.5 Å². The molecule has 0 heterocycles. The Labute approximate surface area is 95.6 Å². The molecule has 0 atom stereocenters. The van der Waals surface area contributed by atoms with Gasteiger partial charge in [0.1, 0.15) is 5.75 Å². The Hall–Kier alpha value is -1.88. The molecule has 0 bridgehead atoms. The smallest absolute Gasteiger partial charge is 0.416 e. The van der Waals surface area contributed by atoms with Gasteiger partial charge in [0.25, 0.3) is 0 Å². The molecule has 0 spiro atoms. The molecule has 0 aliphatic carbocycles. The average molecular weight is 245 g/mol. The quantitative estimate of drug-likeness (QED) is 0.337. The number of nitrogens with zero attached hydrogens (tertiary/aromatic N) is 3. The number of benzene rings is 1. The summed E-state index contributed by atoms with van der Waals surface area (Å²) in [5, 5.41) is 3.28. The van der Waals surface area contributed by atoms with Gasteiger partial charge >= 0.3 is 6.18 Å². The average Bonchev–Trinajstić information content (AvgIpc) is 2.28. The van der Waals surface area contributed by atoms with Crippen molar-refractivity contribution in [3.05, 3.63) is 40.3 Å².